The second-order valence-corrected chi connectivity index (χ2v) is 11.6. The maximum atomic E-state index is 6.66. The van der Waals surface area contributed by atoms with Crippen LogP contribution in [0.15, 0.2) is 148 Å². The molecular weight excluding hydrogens is 566 g/mol. The lowest BCUT2D eigenvalue weighted by Gasteiger charge is -2.09. The predicted octanol–water partition coefficient (Wildman–Crippen LogP) is 11.0. The number of hydrogen-bond donors (Lipinski definition) is 0. The molecule has 0 spiro atoms. The zero-order valence-corrected chi connectivity index (χ0v) is 24.4. The smallest absolute Gasteiger partial charge is 0.164 e. The zero-order valence-electron chi connectivity index (χ0n) is 24.4. The Hall–Kier alpha value is -6.33. The van der Waals surface area contributed by atoms with E-state index in [2.05, 4.69) is 66.7 Å². The number of aromatic nitrogens is 3. The molecule has 0 fully saturated rings. The van der Waals surface area contributed by atoms with Crippen molar-refractivity contribution in [2.45, 2.75) is 0 Å². The van der Waals surface area contributed by atoms with E-state index in [1.807, 2.05) is 72.8 Å². The lowest BCUT2D eigenvalue weighted by atomic mass is 9.98. The molecule has 0 N–H and O–H groups in total. The van der Waals surface area contributed by atoms with Crippen LogP contribution in [0, 0.1) is 0 Å². The van der Waals surface area contributed by atoms with Gasteiger partial charge in [-0.3, -0.25) is 0 Å². The van der Waals surface area contributed by atoms with Crippen molar-refractivity contribution >= 4 is 65.4 Å². The maximum Gasteiger partial charge on any atom is 0.164 e. The standard InChI is InChI=1S/C41H23N3O2/c1-2-10-26(11-3-1)39-42-40(27-20-22-34-32(23-27)29-13-6-7-15-33(29)45-34)44-41(43-39)31-14-8-16-35-37(31)30-21-19-25-18-17-24-9-4-5-12-28(24)36(25)38(30)46-35/h1-23H. The first-order chi connectivity index (χ1) is 22.8. The van der Waals surface area contributed by atoms with Crippen LogP contribution in [0.4, 0.5) is 0 Å². The third kappa shape index (κ3) is 3.72. The highest BCUT2D eigenvalue weighted by Gasteiger charge is 2.20. The van der Waals surface area contributed by atoms with Gasteiger partial charge in [0.05, 0.1) is 0 Å². The van der Waals surface area contributed by atoms with Gasteiger partial charge in [-0.25, -0.2) is 15.0 Å². The van der Waals surface area contributed by atoms with Gasteiger partial charge in [0.15, 0.2) is 17.5 Å². The van der Waals surface area contributed by atoms with Gasteiger partial charge in [0, 0.05) is 43.6 Å². The molecule has 3 aromatic heterocycles. The fourth-order valence-corrected chi connectivity index (χ4v) is 6.76. The molecule has 5 heteroatoms. The molecule has 0 aliphatic rings. The number of nitrogens with zero attached hydrogens (tertiary/aromatic N) is 3. The van der Waals surface area contributed by atoms with E-state index in [9.17, 15) is 0 Å². The number of rotatable bonds is 3. The molecule has 0 saturated carbocycles. The van der Waals surface area contributed by atoms with Crippen molar-refractivity contribution in [1.82, 2.24) is 15.0 Å². The number of benzene rings is 7. The van der Waals surface area contributed by atoms with Crippen LogP contribution in [-0.2, 0) is 0 Å². The summed E-state index contributed by atoms with van der Waals surface area (Å²) in [4.78, 5) is 15.2. The molecule has 46 heavy (non-hydrogen) atoms. The number of para-hydroxylation sites is 1. The van der Waals surface area contributed by atoms with Crippen LogP contribution in [0.2, 0.25) is 0 Å². The highest BCUT2D eigenvalue weighted by molar-refractivity contribution is 6.24. The van der Waals surface area contributed by atoms with Crippen molar-refractivity contribution in [3.63, 3.8) is 0 Å². The van der Waals surface area contributed by atoms with Crippen LogP contribution in [0.5, 0.6) is 0 Å². The molecule has 0 saturated heterocycles. The van der Waals surface area contributed by atoms with Gasteiger partial charge >= 0.3 is 0 Å². The fourth-order valence-electron chi connectivity index (χ4n) is 6.76. The summed E-state index contributed by atoms with van der Waals surface area (Å²) in [7, 11) is 0. The lowest BCUT2D eigenvalue weighted by Crippen LogP contribution is -2.00. The van der Waals surface area contributed by atoms with Crippen molar-refractivity contribution < 1.29 is 8.83 Å². The molecule has 0 aliphatic heterocycles. The predicted molar refractivity (Wildman–Crippen MR) is 186 cm³/mol. The van der Waals surface area contributed by atoms with E-state index in [1.165, 1.54) is 10.8 Å². The first-order valence-electron chi connectivity index (χ1n) is 15.3. The molecule has 0 bridgehead atoms. The van der Waals surface area contributed by atoms with E-state index < -0.39 is 0 Å². The molecule has 0 atom stereocenters. The normalized spacial score (nSPS) is 11.9. The first kappa shape index (κ1) is 25.0. The highest BCUT2D eigenvalue weighted by Crippen LogP contribution is 2.41. The summed E-state index contributed by atoms with van der Waals surface area (Å²) in [5, 5.41) is 8.71. The van der Waals surface area contributed by atoms with Gasteiger partial charge in [-0.05, 0) is 52.6 Å². The number of fused-ring (bicyclic) bond motifs is 10. The first-order valence-corrected chi connectivity index (χ1v) is 15.3. The van der Waals surface area contributed by atoms with Gasteiger partial charge < -0.3 is 8.83 Å². The maximum absolute atomic E-state index is 6.66. The molecule has 214 valence electrons. The van der Waals surface area contributed by atoms with Crippen LogP contribution in [0.3, 0.4) is 0 Å². The molecule has 3 heterocycles. The molecule has 0 unspecified atom stereocenters. The van der Waals surface area contributed by atoms with E-state index in [-0.39, 0.29) is 0 Å². The Morgan fingerprint density at radius 1 is 0.370 bits per heavy atom. The topological polar surface area (TPSA) is 65.0 Å². The Balaban J connectivity index is 1.25. The van der Waals surface area contributed by atoms with Crippen LogP contribution in [0.25, 0.3) is 99.6 Å². The Kier molecular flexibility index (Phi) is 5.22. The molecule has 0 radical (unpaired) electrons. The summed E-state index contributed by atoms with van der Waals surface area (Å²) in [5.41, 5.74) is 6.05. The SMILES string of the molecule is c1ccc(-c2nc(-c3ccc4oc5ccccc5c4c3)nc(-c3cccc4oc5c(ccc6ccc7ccccc7c65)c34)n2)cc1. The van der Waals surface area contributed by atoms with Crippen molar-refractivity contribution in [2.24, 2.45) is 0 Å². The molecule has 10 aromatic rings. The average Bonchev–Trinajstić information content (AvgIpc) is 3.70. The van der Waals surface area contributed by atoms with Gasteiger partial charge in [-0.2, -0.15) is 0 Å². The molecular formula is C41H23N3O2. The minimum atomic E-state index is 0.590. The third-order valence-electron chi connectivity index (χ3n) is 8.91. The monoisotopic (exact) mass is 589 g/mol. The molecule has 0 aliphatic carbocycles. The van der Waals surface area contributed by atoms with E-state index in [0.717, 1.165) is 71.3 Å². The number of furan rings is 2. The average molecular weight is 590 g/mol. The number of hydrogen-bond acceptors (Lipinski definition) is 5. The quantitative estimate of drug-likeness (QED) is 0.192. The molecule has 10 rings (SSSR count). The minimum Gasteiger partial charge on any atom is -0.456 e. The summed E-state index contributed by atoms with van der Waals surface area (Å²) >= 11 is 0. The van der Waals surface area contributed by atoms with Crippen LogP contribution < -0.4 is 0 Å². The van der Waals surface area contributed by atoms with Crippen molar-refractivity contribution in [3.05, 3.63) is 140 Å². The summed E-state index contributed by atoms with van der Waals surface area (Å²) in [5.74, 6) is 1.79. The van der Waals surface area contributed by atoms with Crippen LogP contribution in [0.1, 0.15) is 0 Å². The van der Waals surface area contributed by atoms with Crippen LogP contribution >= 0.6 is 0 Å². The van der Waals surface area contributed by atoms with Gasteiger partial charge in [-0.1, -0.05) is 103 Å². The lowest BCUT2D eigenvalue weighted by molar-refractivity contribution is 0.669. The fraction of sp³-hybridized carbons (Fsp3) is 0. The zero-order chi connectivity index (χ0) is 30.2. The largest absolute Gasteiger partial charge is 0.456 e. The Labute approximate surface area is 262 Å². The van der Waals surface area contributed by atoms with E-state index in [0.29, 0.717) is 17.5 Å². The van der Waals surface area contributed by atoms with E-state index in [1.54, 1.807) is 0 Å². The van der Waals surface area contributed by atoms with Gasteiger partial charge in [0.1, 0.15) is 22.3 Å². The Morgan fingerprint density at radius 3 is 1.98 bits per heavy atom. The second-order valence-electron chi connectivity index (χ2n) is 11.6. The highest BCUT2D eigenvalue weighted by atomic mass is 16.3. The molecule has 7 aromatic carbocycles. The van der Waals surface area contributed by atoms with Crippen molar-refractivity contribution in [3.8, 4) is 34.2 Å². The Morgan fingerprint density at radius 2 is 1.07 bits per heavy atom. The summed E-state index contributed by atoms with van der Waals surface area (Å²) < 4.78 is 12.8. The van der Waals surface area contributed by atoms with Crippen molar-refractivity contribution in [1.29, 1.82) is 0 Å². The molecule has 0 amide bonds. The second kappa shape index (κ2) is 9.58. The van der Waals surface area contributed by atoms with E-state index >= 15 is 0 Å². The Bertz CT molecular complexity index is 2810. The van der Waals surface area contributed by atoms with Gasteiger partial charge in [0.25, 0.3) is 0 Å². The van der Waals surface area contributed by atoms with Crippen LogP contribution in [-0.4, -0.2) is 15.0 Å². The summed E-state index contributed by atoms with van der Waals surface area (Å²) in [6.07, 6.45) is 0. The third-order valence-corrected chi connectivity index (χ3v) is 8.91. The van der Waals surface area contributed by atoms with Gasteiger partial charge in [-0.15, -0.1) is 0 Å². The van der Waals surface area contributed by atoms with E-state index in [4.69, 9.17) is 23.8 Å². The summed E-state index contributed by atoms with van der Waals surface area (Å²) in [6, 6.07) is 47.5. The van der Waals surface area contributed by atoms with Gasteiger partial charge in [0.2, 0.25) is 0 Å². The van der Waals surface area contributed by atoms with Crippen molar-refractivity contribution in [2.75, 3.05) is 0 Å². The summed E-state index contributed by atoms with van der Waals surface area (Å²) in [6.45, 7) is 0. The minimum absolute atomic E-state index is 0.590. The molecule has 5 nitrogen and oxygen atoms in total.